The van der Waals surface area contributed by atoms with Crippen molar-refractivity contribution >= 4 is 15.9 Å². The fraction of sp³-hybridized carbons (Fsp3) is 0.500. The van der Waals surface area contributed by atoms with Crippen LogP contribution in [-0.4, -0.2) is 51.0 Å². The molecule has 0 spiro atoms. The molecule has 1 heterocycles. The Balaban J connectivity index is 1.35. The number of hydrogen-bond donors (Lipinski definition) is 0. The summed E-state index contributed by atoms with van der Waals surface area (Å²) in [5.74, 6) is -1.18. The second-order valence-electron chi connectivity index (χ2n) is 10.6. The van der Waals surface area contributed by atoms with Crippen molar-refractivity contribution in [2.24, 2.45) is 17.8 Å². The molecule has 1 unspecified atom stereocenters. The normalized spacial score (nSPS) is 22.2. The molecule has 1 amide bonds. The average Bonchev–Trinajstić information content (AvgIpc) is 3.30. The third-order valence-corrected chi connectivity index (χ3v) is 7.71. The molecule has 190 valence electrons. The van der Waals surface area contributed by atoms with Gasteiger partial charge in [0.1, 0.15) is 5.60 Å². The Morgan fingerprint density at radius 2 is 1.54 bits per heavy atom. The number of carbonyl (C=O) groups excluding carboxylic acids is 1. The molecule has 0 aromatic heterocycles. The number of benzene rings is 2. The van der Waals surface area contributed by atoms with E-state index in [2.05, 4.69) is 0 Å². The Kier molecular flexibility index (Phi) is 6.83. The molecule has 6 nitrogen and oxygen atoms in total. The minimum atomic E-state index is -3.35. The Labute approximate surface area is 205 Å². The minimum Gasteiger partial charge on any atom is -0.487 e. The number of amides is 1. The summed E-state index contributed by atoms with van der Waals surface area (Å²) >= 11 is 0. The van der Waals surface area contributed by atoms with Crippen molar-refractivity contribution in [1.82, 2.24) is 4.90 Å². The summed E-state index contributed by atoms with van der Waals surface area (Å²) in [5, 5.41) is 0. The van der Waals surface area contributed by atoms with Gasteiger partial charge in [0.05, 0.1) is 11.5 Å². The van der Waals surface area contributed by atoms with E-state index in [-0.39, 0.29) is 23.5 Å². The van der Waals surface area contributed by atoms with E-state index in [1.165, 1.54) is 36.4 Å². The van der Waals surface area contributed by atoms with Crippen LogP contribution in [0.3, 0.4) is 0 Å². The zero-order valence-electron chi connectivity index (χ0n) is 20.4. The minimum absolute atomic E-state index is 0.137. The molecule has 1 aliphatic carbocycles. The zero-order chi connectivity index (χ0) is 25.5. The Morgan fingerprint density at radius 1 is 1.00 bits per heavy atom. The molecule has 1 saturated carbocycles. The molecule has 2 aliphatic rings. The van der Waals surface area contributed by atoms with Gasteiger partial charge in [0.2, 0.25) is 0 Å². The van der Waals surface area contributed by atoms with Gasteiger partial charge in [0.15, 0.2) is 27.2 Å². The maximum Gasteiger partial charge on any atom is 0.410 e. The number of ether oxygens (including phenoxy) is 2. The Morgan fingerprint density at radius 3 is 2.03 bits per heavy atom. The lowest BCUT2D eigenvalue weighted by atomic mass is 10.0. The van der Waals surface area contributed by atoms with Crippen LogP contribution < -0.4 is 4.74 Å². The summed E-state index contributed by atoms with van der Waals surface area (Å²) in [5.41, 5.74) is 0.263. The van der Waals surface area contributed by atoms with E-state index < -0.39 is 32.8 Å². The first kappa shape index (κ1) is 25.4. The van der Waals surface area contributed by atoms with Crippen LogP contribution in [0.4, 0.5) is 13.6 Å². The van der Waals surface area contributed by atoms with Gasteiger partial charge < -0.3 is 14.4 Å². The van der Waals surface area contributed by atoms with Gasteiger partial charge in [-0.15, -0.1) is 0 Å². The fourth-order valence-electron chi connectivity index (χ4n) is 5.00. The molecular formula is C26H31F2NO5S. The summed E-state index contributed by atoms with van der Waals surface area (Å²) in [6, 6.07) is 8.23. The maximum absolute atomic E-state index is 14.7. The first-order valence-electron chi connectivity index (χ1n) is 11.7. The van der Waals surface area contributed by atoms with Gasteiger partial charge in [0.25, 0.3) is 0 Å². The summed E-state index contributed by atoms with van der Waals surface area (Å²) in [4.78, 5) is 14.2. The second kappa shape index (κ2) is 9.41. The summed E-state index contributed by atoms with van der Waals surface area (Å²) < 4.78 is 63.7. The highest BCUT2D eigenvalue weighted by atomic mass is 32.2. The van der Waals surface area contributed by atoms with Gasteiger partial charge in [-0.2, -0.15) is 0 Å². The van der Waals surface area contributed by atoms with E-state index in [1.54, 1.807) is 4.90 Å². The number of likely N-dealkylation sites (tertiary alicyclic amines) is 1. The lowest BCUT2D eigenvalue weighted by Crippen LogP contribution is -2.36. The monoisotopic (exact) mass is 507 g/mol. The molecule has 1 saturated heterocycles. The molecule has 0 N–H and O–H groups in total. The molecule has 0 bridgehead atoms. The van der Waals surface area contributed by atoms with Crippen molar-refractivity contribution in [3.05, 3.63) is 48.0 Å². The van der Waals surface area contributed by atoms with Gasteiger partial charge in [0, 0.05) is 19.3 Å². The number of sulfone groups is 1. The molecule has 4 rings (SSSR count). The van der Waals surface area contributed by atoms with Gasteiger partial charge in [-0.05, 0) is 86.8 Å². The third kappa shape index (κ3) is 5.94. The molecule has 2 aromatic carbocycles. The molecule has 2 aromatic rings. The number of halogens is 2. The van der Waals surface area contributed by atoms with Crippen molar-refractivity contribution < 1.29 is 31.5 Å². The second-order valence-corrected chi connectivity index (χ2v) is 12.6. The topological polar surface area (TPSA) is 72.9 Å². The predicted molar refractivity (Wildman–Crippen MR) is 128 cm³/mol. The van der Waals surface area contributed by atoms with Crippen molar-refractivity contribution in [3.8, 4) is 16.9 Å². The van der Waals surface area contributed by atoms with E-state index in [4.69, 9.17) is 9.47 Å². The highest BCUT2D eigenvalue weighted by Gasteiger charge is 2.43. The summed E-state index contributed by atoms with van der Waals surface area (Å²) in [6.07, 6.45) is 2.47. The zero-order valence-corrected chi connectivity index (χ0v) is 21.2. The van der Waals surface area contributed by atoms with E-state index in [9.17, 15) is 22.0 Å². The fourth-order valence-corrected chi connectivity index (χ4v) is 5.63. The number of nitrogens with zero attached hydrogens (tertiary/aromatic N) is 1. The number of rotatable bonds is 5. The molecule has 3 atom stereocenters. The highest BCUT2D eigenvalue weighted by Crippen LogP contribution is 2.42. The van der Waals surface area contributed by atoms with Gasteiger partial charge in [-0.3, -0.25) is 0 Å². The van der Waals surface area contributed by atoms with Crippen LogP contribution in [0.5, 0.6) is 5.75 Å². The van der Waals surface area contributed by atoms with Gasteiger partial charge >= 0.3 is 6.09 Å². The van der Waals surface area contributed by atoms with Gasteiger partial charge in [-0.1, -0.05) is 12.1 Å². The van der Waals surface area contributed by atoms with Crippen molar-refractivity contribution in [1.29, 1.82) is 0 Å². The number of fused-ring (bicyclic) bond motifs is 1. The predicted octanol–water partition coefficient (Wildman–Crippen LogP) is 5.31. The quantitative estimate of drug-likeness (QED) is 0.549. The lowest BCUT2D eigenvalue weighted by Gasteiger charge is -2.25. The van der Waals surface area contributed by atoms with E-state index in [0.29, 0.717) is 36.1 Å². The molecule has 2 fully saturated rings. The highest BCUT2D eigenvalue weighted by molar-refractivity contribution is 7.90. The maximum atomic E-state index is 14.7. The van der Waals surface area contributed by atoms with Crippen molar-refractivity contribution in [2.45, 2.75) is 44.1 Å². The van der Waals surface area contributed by atoms with Crippen LogP contribution in [0, 0.1) is 29.4 Å². The lowest BCUT2D eigenvalue weighted by molar-refractivity contribution is 0.0276. The SMILES string of the molecule is CC(C)(C)OC(=O)N1C[C@H]2CC(COc3c(F)cc(-c4ccc(S(C)(=O)=O)cc4)cc3F)C[C@H]2C1. The van der Waals surface area contributed by atoms with Crippen LogP contribution in [-0.2, 0) is 14.6 Å². The molecular weight excluding hydrogens is 476 g/mol. The Hall–Kier alpha value is -2.68. The van der Waals surface area contributed by atoms with Crippen LogP contribution in [0.2, 0.25) is 0 Å². The Bertz CT molecular complexity index is 1170. The van der Waals surface area contributed by atoms with E-state index in [0.717, 1.165) is 19.1 Å². The smallest absolute Gasteiger partial charge is 0.410 e. The van der Waals surface area contributed by atoms with Gasteiger partial charge in [-0.25, -0.2) is 22.0 Å². The van der Waals surface area contributed by atoms with Crippen LogP contribution in [0.1, 0.15) is 33.6 Å². The summed E-state index contributed by atoms with van der Waals surface area (Å²) in [6.45, 7) is 6.99. The first-order chi connectivity index (χ1) is 16.3. The van der Waals surface area contributed by atoms with Crippen LogP contribution >= 0.6 is 0 Å². The van der Waals surface area contributed by atoms with Crippen LogP contribution in [0.25, 0.3) is 11.1 Å². The molecule has 9 heteroatoms. The number of carbonyl (C=O) groups is 1. The molecule has 1 aliphatic heterocycles. The van der Waals surface area contributed by atoms with Crippen molar-refractivity contribution in [3.63, 3.8) is 0 Å². The van der Waals surface area contributed by atoms with E-state index >= 15 is 0 Å². The van der Waals surface area contributed by atoms with Crippen LogP contribution in [0.15, 0.2) is 41.3 Å². The first-order valence-corrected chi connectivity index (χ1v) is 13.6. The summed E-state index contributed by atoms with van der Waals surface area (Å²) in [7, 11) is -3.35. The molecule has 0 radical (unpaired) electrons. The third-order valence-electron chi connectivity index (χ3n) is 6.58. The van der Waals surface area contributed by atoms with Crippen molar-refractivity contribution in [2.75, 3.05) is 26.0 Å². The van der Waals surface area contributed by atoms with E-state index in [1.807, 2.05) is 20.8 Å². The average molecular weight is 508 g/mol. The number of hydrogen-bond acceptors (Lipinski definition) is 5. The largest absolute Gasteiger partial charge is 0.487 e. The molecule has 35 heavy (non-hydrogen) atoms. The standard InChI is InChI=1S/C26H31F2NO5S/c1-26(2,3)34-25(30)29-13-19-9-16(10-20(19)14-29)15-33-24-22(27)11-18(12-23(24)28)17-5-7-21(8-6-17)35(4,31)32/h5-8,11-12,16,19-20H,9-10,13-15H2,1-4H3/t16?,19-,20+.